The molecule has 2 rings (SSSR count). The Kier molecular flexibility index (Phi) is 4.06. The Morgan fingerprint density at radius 3 is 2.70 bits per heavy atom. The van der Waals surface area contributed by atoms with E-state index in [2.05, 4.69) is 0 Å². The molecule has 0 aliphatic rings. The van der Waals surface area contributed by atoms with Crippen molar-refractivity contribution in [3.63, 3.8) is 0 Å². The number of ether oxygens (including phenoxy) is 2. The monoisotopic (exact) mass is 272 g/mol. The fraction of sp³-hybridized carbons (Fsp3) is 0.133. The maximum atomic E-state index is 13.5. The zero-order chi connectivity index (χ0) is 14.5. The molecule has 0 heterocycles. The summed E-state index contributed by atoms with van der Waals surface area (Å²) in [5.74, 6) is 0.298. The second-order valence-corrected chi connectivity index (χ2v) is 4.09. The SMILES string of the molecule is COc1cc(C#N)cc(N)c1OCc1ccccc1F. The van der Waals surface area contributed by atoms with Crippen LogP contribution in [0.4, 0.5) is 10.1 Å². The summed E-state index contributed by atoms with van der Waals surface area (Å²) in [5, 5.41) is 8.87. The first-order valence-corrected chi connectivity index (χ1v) is 5.89. The van der Waals surface area contributed by atoms with Gasteiger partial charge >= 0.3 is 0 Å². The summed E-state index contributed by atoms with van der Waals surface area (Å²) in [6.45, 7) is 0.0269. The highest BCUT2D eigenvalue weighted by molar-refractivity contribution is 5.64. The van der Waals surface area contributed by atoms with E-state index in [4.69, 9.17) is 20.5 Å². The minimum absolute atomic E-state index is 0.0269. The molecule has 0 spiro atoms. The molecule has 20 heavy (non-hydrogen) atoms. The lowest BCUT2D eigenvalue weighted by molar-refractivity contribution is 0.281. The average Bonchev–Trinajstić information content (AvgIpc) is 2.46. The van der Waals surface area contributed by atoms with E-state index >= 15 is 0 Å². The van der Waals surface area contributed by atoms with Crippen molar-refractivity contribution in [2.45, 2.75) is 6.61 Å². The average molecular weight is 272 g/mol. The van der Waals surface area contributed by atoms with E-state index < -0.39 is 0 Å². The molecule has 0 aliphatic heterocycles. The third-order valence-electron chi connectivity index (χ3n) is 2.76. The normalized spacial score (nSPS) is 9.85. The van der Waals surface area contributed by atoms with Crippen LogP contribution >= 0.6 is 0 Å². The number of nitrogens with zero attached hydrogens (tertiary/aromatic N) is 1. The van der Waals surface area contributed by atoms with Crippen molar-refractivity contribution in [1.82, 2.24) is 0 Å². The van der Waals surface area contributed by atoms with E-state index in [1.165, 1.54) is 25.3 Å². The van der Waals surface area contributed by atoms with Gasteiger partial charge in [-0.05, 0) is 12.1 Å². The molecule has 2 aromatic carbocycles. The number of hydrogen-bond acceptors (Lipinski definition) is 4. The van der Waals surface area contributed by atoms with Gasteiger partial charge in [0.15, 0.2) is 11.5 Å². The van der Waals surface area contributed by atoms with Gasteiger partial charge in [0.05, 0.1) is 24.4 Å². The maximum absolute atomic E-state index is 13.5. The van der Waals surface area contributed by atoms with Crippen LogP contribution in [0.1, 0.15) is 11.1 Å². The summed E-state index contributed by atoms with van der Waals surface area (Å²) >= 11 is 0. The number of nitriles is 1. The van der Waals surface area contributed by atoms with Gasteiger partial charge in [0.2, 0.25) is 0 Å². The van der Waals surface area contributed by atoms with Gasteiger partial charge in [0.1, 0.15) is 12.4 Å². The summed E-state index contributed by atoms with van der Waals surface area (Å²) < 4.78 is 24.2. The largest absolute Gasteiger partial charge is 0.493 e. The molecular formula is C15H13FN2O2. The molecule has 0 aromatic heterocycles. The molecule has 102 valence electrons. The van der Waals surface area contributed by atoms with Gasteiger partial charge < -0.3 is 15.2 Å². The van der Waals surface area contributed by atoms with Crippen LogP contribution in [0.2, 0.25) is 0 Å². The summed E-state index contributed by atoms with van der Waals surface area (Å²) in [6, 6.07) is 11.3. The smallest absolute Gasteiger partial charge is 0.184 e. The number of anilines is 1. The Balaban J connectivity index is 2.26. The van der Waals surface area contributed by atoms with E-state index in [9.17, 15) is 4.39 Å². The number of rotatable bonds is 4. The van der Waals surface area contributed by atoms with Crippen LogP contribution in [0, 0.1) is 17.1 Å². The predicted octanol–water partition coefficient (Wildman–Crippen LogP) is 2.87. The molecular weight excluding hydrogens is 259 g/mol. The zero-order valence-corrected chi connectivity index (χ0v) is 10.9. The standard InChI is InChI=1S/C15H13FN2O2/c1-19-14-7-10(8-17)6-13(18)15(14)20-9-11-4-2-3-5-12(11)16/h2-7H,9,18H2,1H3. The zero-order valence-electron chi connectivity index (χ0n) is 10.9. The van der Waals surface area contributed by atoms with Crippen molar-refractivity contribution in [3.05, 3.63) is 53.3 Å². The third kappa shape index (κ3) is 2.81. The molecule has 0 saturated carbocycles. The van der Waals surface area contributed by atoms with E-state index in [-0.39, 0.29) is 18.1 Å². The summed E-state index contributed by atoms with van der Waals surface area (Å²) in [7, 11) is 1.45. The van der Waals surface area contributed by atoms with Crippen LogP contribution in [-0.2, 0) is 6.61 Å². The molecule has 4 nitrogen and oxygen atoms in total. The molecule has 2 aromatic rings. The van der Waals surface area contributed by atoms with E-state index in [1.54, 1.807) is 18.2 Å². The van der Waals surface area contributed by atoms with Gasteiger partial charge in [-0.3, -0.25) is 0 Å². The fourth-order valence-corrected chi connectivity index (χ4v) is 1.76. The molecule has 0 unspecified atom stereocenters. The summed E-state index contributed by atoms with van der Waals surface area (Å²) in [6.07, 6.45) is 0. The van der Waals surface area contributed by atoms with Crippen molar-refractivity contribution < 1.29 is 13.9 Å². The number of hydrogen-bond donors (Lipinski definition) is 1. The number of benzene rings is 2. The Morgan fingerprint density at radius 1 is 1.30 bits per heavy atom. The van der Waals surface area contributed by atoms with Crippen LogP contribution in [0.5, 0.6) is 11.5 Å². The first-order valence-electron chi connectivity index (χ1n) is 5.89. The molecule has 0 bridgehead atoms. The highest BCUT2D eigenvalue weighted by Gasteiger charge is 2.12. The molecule has 0 aliphatic carbocycles. The molecule has 0 atom stereocenters. The van der Waals surface area contributed by atoms with Crippen molar-refractivity contribution in [2.75, 3.05) is 12.8 Å². The first-order chi connectivity index (χ1) is 9.65. The van der Waals surface area contributed by atoms with E-state index in [0.717, 1.165) is 0 Å². The Hall–Kier alpha value is -2.74. The topological polar surface area (TPSA) is 68.3 Å². The van der Waals surface area contributed by atoms with E-state index in [1.807, 2.05) is 6.07 Å². The second kappa shape index (κ2) is 5.93. The molecule has 5 heteroatoms. The lowest BCUT2D eigenvalue weighted by Crippen LogP contribution is -2.03. The van der Waals surface area contributed by atoms with Crippen molar-refractivity contribution in [1.29, 1.82) is 5.26 Å². The van der Waals surface area contributed by atoms with Gasteiger partial charge in [-0.15, -0.1) is 0 Å². The van der Waals surface area contributed by atoms with Crippen LogP contribution in [-0.4, -0.2) is 7.11 Å². The molecule has 0 radical (unpaired) electrons. The number of nitrogen functional groups attached to an aromatic ring is 1. The van der Waals surface area contributed by atoms with Crippen molar-refractivity contribution >= 4 is 5.69 Å². The van der Waals surface area contributed by atoms with Crippen LogP contribution in [0.25, 0.3) is 0 Å². The first kappa shape index (κ1) is 13.7. The maximum Gasteiger partial charge on any atom is 0.184 e. The number of nitrogens with two attached hydrogens (primary N) is 1. The fourth-order valence-electron chi connectivity index (χ4n) is 1.76. The van der Waals surface area contributed by atoms with Gasteiger partial charge in [-0.25, -0.2) is 4.39 Å². The van der Waals surface area contributed by atoms with Gasteiger partial charge in [0, 0.05) is 11.6 Å². The van der Waals surface area contributed by atoms with Gasteiger partial charge in [-0.1, -0.05) is 18.2 Å². The molecule has 0 amide bonds. The van der Waals surface area contributed by atoms with Crippen LogP contribution in [0.3, 0.4) is 0 Å². The summed E-state index contributed by atoms with van der Waals surface area (Å²) in [4.78, 5) is 0. The van der Waals surface area contributed by atoms with Gasteiger partial charge in [0.25, 0.3) is 0 Å². The quantitative estimate of drug-likeness (QED) is 0.869. The van der Waals surface area contributed by atoms with Crippen LogP contribution in [0.15, 0.2) is 36.4 Å². The molecule has 2 N–H and O–H groups in total. The highest BCUT2D eigenvalue weighted by atomic mass is 19.1. The van der Waals surface area contributed by atoms with E-state index in [0.29, 0.717) is 22.6 Å². The van der Waals surface area contributed by atoms with Gasteiger partial charge in [-0.2, -0.15) is 5.26 Å². The Labute approximate surface area is 116 Å². The lowest BCUT2D eigenvalue weighted by Gasteiger charge is -2.13. The van der Waals surface area contributed by atoms with Crippen molar-refractivity contribution in [3.8, 4) is 17.6 Å². The lowest BCUT2D eigenvalue weighted by atomic mass is 10.2. The third-order valence-corrected chi connectivity index (χ3v) is 2.76. The molecule has 0 saturated heterocycles. The number of methoxy groups -OCH3 is 1. The number of halogens is 1. The Bertz CT molecular complexity index is 665. The molecule has 0 fully saturated rings. The second-order valence-electron chi connectivity index (χ2n) is 4.09. The summed E-state index contributed by atoms with van der Waals surface area (Å²) in [5.41, 5.74) is 6.89. The van der Waals surface area contributed by atoms with Crippen LogP contribution < -0.4 is 15.2 Å². The minimum Gasteiger partial charge on any atom is -0.493 e. The van der Waals surface area contributed by atoms with Crippen molar-refractivity contribution in [2.24, 2.45) is 0 Å². The highest BCUT2D eigenvalue weighted by Crippen LogP contribution is 2.35. The Morgan fingerprint density at radius 2 is 2.05 bits per heavy atom. The predicted molar refractivity (Wildman–Crippen MR) is 72.9 cm³/mol. The minimum atomic E-state index is -0.348.